The van der Waals surface area contributed by atoms with Gasteiger partial charge in [-0.3, -0.25) is 0 Å². The summed E-state index contributed by atoms with van der Waals surface area (Å²) < 4.78 is 5.22. The molecule has 106 valence electrons. The minimum absolute atomic E-state index is 0.460. The summed E-state index contributed by atoms with van der Waals surface area (Å²) in [6.07, 6.45) is 5.66. The third-order valence-corrected chi connectivity index (χ3v) is 5.24. The number of benzene rings is 1. The van der Waals surface area contributed by atoms with Gasteiger partial charge < -0.3 is 10.1 Å². The Labute approximate surface area is 121 Å². The van der Waals surface area contributed by atoms with Crippen LogP contribution in [0.5, 0.6) is 5.75 Å². The van der Waals surface area contributed by atoms with E-state index in [-0.39, 0.29) is 0 Å². The first-order valence-corrected chi connectivity index (χ1v) is 8.37. The lowest BCUT2D eigenvalue weighted by Crippen LogP contribution is -2.23. The van der Waals surface area contributed by atoms with Crippen molar-refractivity contribution in [3.8, 4) is 5.75 Å². The van der Waals surface area contributed by atoms with E-state index < -0.39 is 0 Å². The fourth-order valence-electron chi connectivity index (χ4n) is 2.64. The second-order valence-corrected chi connectivity index (χ2v) is 6.46. The molecule has 0 saturated heterocycles. The van der Waals surface area contributed by atoms with Gasteiger partial charge in [0, 0.05) is 17.0 Å². The zero-order valence-corrected chi connectivity index (χ0v) is 12.8. The van der Waals surface area contributed by atoms with Crippen molar-refractivity contribution in [1.29, 1.82) is 0 Å². The van der Waals surface area contributed by atoms with Crippen LogP contribution in [0.4, 0.5) is 0 Å². The summed E-state index contributed by atoms with van der Waals surface area (Å²) in [6, 6.07) is 8.93. The third-order valence-electron chi connectivity index (χ3n) is 3.77. The Morgan fingerprint density at radius 1 is 1.26 bits per heavy atom. The van der Waals surface area contributed by atoms with Gasteiger partial charge in [0.05, 0.1) is 7.11 Å². The summed E-state index contributed by atoms with van der Waals surface area (Å²) in [5.41, 5.74) is 1.37. The average molecular weight is 279 g/mol. The Balaban J connectivity index is 1.92. The maximum absolute atomic E-state index is 5.22. The largest absolute Gasteiger partial charge is 0.497 e. The van der Waals surface area contributed by atoms with Crippen molar-refractivity contribution in [2.45, 2.75) is 43.9 Å². The Hall–Kier alpha value is -0.670. The summed E-state index contributed by atoms with van der Waals surface area (Å²) >= 11 is 2.14. The van der Waals surface area contributed by atoms with E-state index >= 15 is 0 Å². The van der Waals surface area contributed by atoms with Crippen molar-refractivity contribution in [1.82, 2.24) is 5.32 Å². The van der Waals surface area contributed by atoms with E-state index in [1.807, 2.05) is 0 Å². The minimum atomic E-state index is 0.460. The van der Waals surface area contributed by atoms with Crippen LogP contribution in [0.3, 0.4) is 0 Å². The first-order chi connectivity index (χ1) is 9.33. The van der Waals surface area contributed by atoms with Crippen molar-refractivity contribution in [2.75, 3.05) is 19.4 Å². The predicted octanol–water partition coefficient (Wildman–Crippen LogP) is 4.02. The number of methoxy groups -OCH3 is 1. The maximum atomic E-state index is 5.22. The van der Waals surface area contributed by atoms with Crippen molar-refractivity contribution in [3.05, 3.63) is 29.8 Å². The molecule has 0 aromatic heterocycles. The molecular formula is C16H25NOS. The molecule has 1 atom stereocenters. The SMILES string of the molecule is CCNC(CSC1CCCC1)c1ccc(OC)cc1. The molecule has 0 aliphatic heterocycles. The van der Waals surface area contributed by atoms with Gasteiger partial charge in [0.15, 0.2) is 0 Å². The predicted molar refractivity (Wildman–Crippen MR) is 84.1 cm³/mol. The summed E-state index contributed by atoms with van der Waals surface area (Å²) in [6.45, 7) is 3.19. The molecule has 1 fully saturated rings. The topological polar surface area (TPSA) is 21.3 Å². The van der Waals surface area contributed by atoms with Gasteiger partial charge in [0.2, 0.25) is 0 Å². The molecule has 0 radical (unpaired) electrons. The number of hydrogen-bond donors (Lipinski definition) is 1. The normalized spacial score (nSPS) is 17.6. The molecule has 1 aromatic carbocycles. The van der Waals surface area contributed by atoms with Crippen LogP contribution in [0.15, 0.2) is 24.3 Å². The van der Waals surface area contributed by atoms with Gasteiger partial charge in [-0.15, -0.1) is 0 Å². The number of hydrogen-bond acceptors (Lipinski definition) is 3. The highest BCUT2D eigenvalue weighted by Gasteiger charge is 2.18. The Bertz CT molecular complexity index is 360. The zero-order valence-electron chi connectivity index (χ0n) is 12.0. The Morgan fingerprint density at radius 2 is 1.95 bits per heavy atom. The van der Waals surface area contributed by atoms with Gasteiger partial charge in [-0.05, 0) is 37.1 Å². The Morgan fingerprint density at radius 3 is 2.53 bits per heavy atom. The molecule has 2 nitrogen and oxygen atoms in total. The molecule has 0 heterocycles. The van der Waals surface area contributed by atoms with Crippen molar-refractivity contribution < 1.29 is 4.74 Å². The first kappa shape index (κ1) is 14.7. The molecule has 0 amide bonds. The van der Waals surface area contributed by atoms with Crippen LogP contribution < -0.4 is 10.1 Å². The molecule has 1 aliphatic rings. The minimum Gasteiger partial charge on any atom is -0.497 e. The zero-order chi connectivity index (χ0) is 13.5. The number of thioether (sulfide) groups is 1. The Kier molecular flexibility index (Phi) is 6.05. The summed E-state index contributed by atoms with van der Waals surface area (Å²) in [7, 11) is 1.72. The number of nitrogens with one attached hydrogen (secondary N) is 1. The monoisotopic (exact) mass is 279 g/mol. The van der Waals surface area contributed by atoms with Gasteiger partial charge in [0.1, 0.15) is 5.75 Å². The highest BCUT2D eigenvalue weighted by Crippen LogP contribution is 2.32. The first-order valence-electron chi connectivity index (χ1n) is 7.32. The third kappa shape index (κ3) is 4.43. The molecule has 1 unspecified atom stereocenters. The highest BCUT2D eigenvalue weighted by molar-refractivity contribution is 7.99. The average Bonchev–Trinajstić information content (AvgIpc) is 2.97. The van der Waals surface area contributed by atoms with Crippen molar-refractivity contribution in [2.24, 2.45) is 0 Å². The van der Waals surface area contributed by atoms with Crippen LogP contribution in [0.1, 0.15) is 44.2 Å². The molecule has 1 aliphatic carbocycles. The molecule has 0 bridgehead atoms. The fourth-order valence-corrected chi connectivity index (χ4v) is 4.08. The van der Waals surface area contributed by atoms with Gasteiger partial charge in [-0.1, -0.05) is 31.9 Å². The van der Waals surface area contributed by atoms with Gasteiger partial charge in [-0.25, -0.2) is 0 Å². The molecule has 19 heavy (non-hydrogen) atoms. The lowest BCUT2D eigenvalue weighted by atomic mass is 10.1. The smallest absolute Gasteiger partial charge is 0.118 e. The van der Waals surface area contributed by atoms with Gasteiger partial charge in [-0.2, -0.15) is 11.8 Å². The van der Waals surface area contributed by atoms with E-state index in [4.69, 9.17) is 4.74 Å². The van der Waals surface area contributed by atoms with E-state index in [2.05, 4.69) is 48.3 Å². The molecule has 1 aromatic rings. The molecule has 1 saturated carbocycles. The van der Waals surface area contributed by atoms with Crippen LogP contribution in [0.2, 0.25) is 0 Å². The summed E-state index contributed by atoms with van der Waals surface area (Å²) in [5, 5.41) is 4.49. The van der Waals surface area contributed by atoms with Crippen LogP contribution in [-0.4, -0.2) is 24.7 Å². The summed E-state index contributed by atoms with van der Waals surface area (Å²) in [4.78, 5) is 0. The van der Waals surface area contributed by atoms with Crippen molar-refractivity contribution in [3.63, 3.8) is 0 Å². The van der Waals surface area contributed by atoms with Crippen molar-refractivity contribution >= 4 is 11.8 Å². The molecule has 2 rings (SSSR count). The van der Waals surface area contributed by atoms with Crippen LogP contribution in [-0.2, 0) is 0 Å². The number of ether oxygens (including phenoxy) is 1. The van der Waals surface area contributed by atoms with Crippen LogP contribution >= 0.6 is 11.8 Å². The molecule has 1 N–H and O–H groups in total. The van der Waals surface area contributed by atoms with E-state index in [0.29, 0.717) is 6.04 Å². The molecular weight excluding hydrogens is 254 g/mol. The van der Waals surface area contributed by atoms with E-state index in [1.165, 1.54) is 37.0 Å². The van der Waals surface area contributed by atoms with Crippen LogP contribution in [0.25, 0.3) is 0 Å². The van der Waals surface area contributed by atoms with Gasteiger partial charge >= 0.3 is 0 Å². The van der Waals surface area contributed by atoms with E-state index in [0.717, 1.165) is 17.5 Å². The molecule has 0 spiro atoms. The second kappa shape index (κ2) is 7.81. The quantitative estimate of drug-likeness (QED) is 0.814. The fraction of sp³-hybridized carbons (Fsp3) is 0.625. The maximum Gasteiger partial charge on any atom is 0.118 e. The van der Waals surface area contributed by atoms with E-state index in [9.17, 15) is 0 Å². The second-order valence-electron chi connectivity index (χ2n) is 5.12. The lowest BCUT2D eigenvalue weighted by Gasteiger charge is -2.20. The standard InChI is InChI=1S/C16H25NOS/c1-3-17-16(12-19-15-6-4-5-7-15)13-8-10-14(18-2)11-9-13/h8-11,15-17H,3-7,12H2,1-2H3. The summed E-state index contributed by atoms with van der Waals surface area (Å²) in [5.74, 6) is 2.10. The van der Waals surface area contributed by atoms with E-state index in [1.54, 1.807) is 7.11 Å². The van der Waals surface area contributed by atoms with Crippen LogP contribution in [0, 0.1) is 0 Å². The van der Waals surface area contributed by atoms with Gasteiger partial charge in [0.25, 0.3) is 0 Å². The molecule has 3 heteroatoms. The highest BCUT2D eigenvalue weighted by atomic mass is 32.2. The lowest BCUT2D eigenvalue weighted by molar-refractivity contribution is 0.414. The number of rotatable bonds is 7.